The lowest BCUT2D eigenvalue weighted by Gasteiger charge is -2.43. The van der Waals surface area contributed by atoms with Gasteiger partial charge >= 0.3 is 0 Å². The highest BCUT2D eigenvalue weighted by atomic mass is 35.5. The normalized spacial score (nSPS) is 19.3. The Morgan fingerprint density at radius 2 is 2.03 bits per heavy atom. The summed E-state index contributed by atoms with van der Waals surface area (Å²) >= 11 is 6.57. The van der Waals surface area contributed by atoms with Crippen molar-refractivity contribution in [2.75, 3.05) is 20.3 Å². The van der Waals surface area contributed by atoms with E-state index in [1.54, 1.807) is 37.4 Å². The first kappa shape index (κ1) is 25.7. The molecule has 1 atom stereocenters. The molecule has 0 spiro atoms. The Bertz CT molecular complexity index is 1300. The fourth-order valence-corrected chi connectivity index (χ4v) is 5.19. The van der Waals surface area contributed by atoms with Crippen LogP contribution in [0.3, 0.4) is 0 Å². The van der Waals surface area contributed by atoms with Crippen LogP contribution in [0.25, 0.3) is 0 Å². The highest BCUT2D eigenvalue weighted by Crippen LogP contribution is 2.49. The van der Waals surface area contributed by atoms with E-state index in [0.717, 1.165) is 5.70 Å². The Morgan fingerprint density at radius 1 is 1.25 bits per heavy atom. The van der Waals surface area contributed by atoms with Crippen molar-refractivity contribution >= 4 is 17.4 Å². The van der Waals surface area contributed by atoms with Crippen LogP contribution in [-0.2, 0) is 16.1 Å². The standard InChI is InChI=1S/C28H29ClFN3O3/c1-28(2)13-22-26(23(34)14-28)25(20(15-31)27(32)33(22)9-10-35-3)18-7-8-24(21(29)12-18)36-16-17-5-4-6-19(30)11-17/h4-8,11-12,25H,9-10,13-14,16,32H2,1-3H3/t25-/m0/s1. The number of hydrogen-bond donors (Lipinski definition) is 1. The number of rotatable bonds is 7. The van der Waals surface area contributed by atoms with Crippen molar-refractivity contribution in [1.82, 2.24) is 4.90 Å². The quantitative estimate of drug-likeness (QED) is 0.534. The fraction of sp³-hybridized carbons (Fsp3) is 0.357. The third-order valence-corrected chi connectivity index (χ3v) is 6.87. The molecule has 6 nitrogen and oxygen atoms in total. The molecule has 0 fully saturated rings. The van der Waals surface area contributed by atoms with Crippen molar-refractivity contribution in [1.29, 1.82) is 5.26 Å². The minimum absolute atomic E-state index is 0.00327. The molecule has 188 valence electrons. The molecule has 0 aromatic heterocycles. The zero-order valence-electron chi connectivity index (χ0n) is 20.6. The summed E-state index contributed by atoms with van der Waals surface area (Å²) in [5.74, 6) is -0.222. The second-order valence-corrected chi connectivity index (χ2v) is 10.3. The Kier molecular flexibility index (Phi) is 7.39. The number of benzene rings is 2. The van der Waals surface area contributed by atoms with Crippen molar-refractivity contribution in [2.45, 2.75) is 39.2 Å². The Balaban J connectivity index is 1.72. The molecular formula is C28H29ClFN3O3. The molecule has 1 heterocycles. The average molecular weight is 510 g/mol. The monoisotopic (exact) mass is 509 g/mol. The van der Waals surface area contributed by atoms with Crippen LogP contribution in [0.1, 0.15) is 43.7 Å². The van der Waals surface area contributed by atoms with Gasteiger partial charge in [0.05, 0.1) is 29.2 Å². The number of nitrogens with two attached hydrogens (primary N) is 1. The summed E-state index contributed by atoms with van der Waals surface area (Å²) in [5.41, 5.74) is 9.38. The van der Waals surface area contributed by atoms with Gasteiger partial charge in [-0.05, 0) is 47.2 Å². The Hall–Kier alpha value is -3.34. The lowest BCUT2D eigenvalue weighted by atomic mass is 9.68. The number of hydrogen-bond acceptors (Lipinski definition) is 6. The molecule has 2 aromatic carbocycles. The van der Waals surface area contributed by atoms with Crippen molar-refractivity contribution in [3.05, 3.63) is 87.1 Å². The molecule has 0 bridgehead atoms. The van der Waals surface area contributed by atoms with Gasteiger partial charge in [-0.25, -0.2) is 4.39 Å². The maximum Gasteiger partial charge on any atom is 0.162 e. The summed E-state index contributed by atoms with van der Waals surface area (Å²) in [6.07, 6.45) is 1.03. The van der Waals surface area contributed by atoms with Crippen LogP contribution in [0.2, 0.25) is 5.02 Å². The third-order valence-electron chi connectivity index (χ3n) is 6.58. The molecule has 2 N–H and O–H groups in total. The Labute approximate surface area is 215 Å². The fourth-order valence-electron chi connectivity index (χ4n) is 4.95. The van der Waals surface area contributed by atoms with Crippen LogP contribution in [0, 0.1) is 22.6 Å². The van der Waals surface area contributed by atoms with Crippen LogP contribution in [-0.4, -0.2) is 30.9 Å². The number of carbonyl (C=O) groups is 1. The zero-order valence-corrected chi connectivity index (χ0v) is 21.4. The average Bonchev–Trinajstić information content (AvgIpc) is 2.81. The second kappa shape index (κ2) is 10.3. The molecule has 0 unspecified atom stereocenters. The highest BCUT2D eigenvalue weighted by molar-refractivity contribution is 6.32. The van der Waals surface area contributed by atoms with E-state index in [9.17, 15) is 14.4 Å². The SMILES string of the molecule is COCCN1C(N)=C(C#N)[C@H](c2ccc(OCc3cccc(F)c3)c(Cl)c2)C2=C1CC(C)(C)CC2=O. The summed E-state index contributed by atoms with van der Waals surface area (Å²) in [6, 6.07) is 13.6. The number of ether oxygens (including phenoxy) is 2. The first-order valence-corrected chi connectivity index (χ1v) is 12.1. The topological polar surface area (TPSA) is 88.6 Å². The van der Waals surface area contributed by atoms with Gasteiger partial charge in [0.25, 0.3) is 0 Å². The first-order chi connectivity index (χ1) is 17.1. The summed E-state index contributed by atoms with van der Waals surface area (Å²) < 4.78 is 24.5. The second-order valence-electron chi connectivity index (χ2n) is 9.90. The number of carbonyl (C=O) groups excluding carboxylic acids is 1. The largest absolute Gasteiger partial charge is 0.487 e. The van der Waals surface area contributed by atoms with Gasteiger partial charge in [-0.2, -0.15) is 5.26 Å². The van der Waals surface area contributed by atoms with E-state index in [2.05, 4.69) is 19.9 Å². The molecule has 0 saturated carbocycles. The van der Waals surface area contributed by atoms with E-state index in [-0.39, 0.29) is 23.6 Å². The molecule has 2 aliphatic rings. The molecule has 0 radical (unpaired) electrons. The molecular weight excluding hydrogens is 481 g/mol. The molecule has 0 saturated heterocycles. The van der Waals surface area contributed by atoms with Crippen molar-refractivity contribution in [2.24, 2.45) is 11.1 Å². The van der Waals surface area contributed by atoms with Gasteiger partial charge in [0.1, 0.15) is 24.0 Å². The zero-order chi connectivity index (χ0) is 26.0. The van der Waals surface area contributed by atoms with Gasteiger partial charge in [-0.15, -0.1) is 0 Å². The van der Waals surface area contributed by atoms with Crippen LogP contribution < -0.4 is 10.5 Å². The van der Waals surface area contributed by atoms with Gasteiger partial charge in [0, 0.05) is 31.3 Å². The van der Waals surface area contributed by atoms with E-state index in [1.165, 1.54) is 12.1 Å². The molecule has 1 aliphatic carbocycles. The predicted molar refractivity (Wildman–Crippen MR) is 135 cm³/mol. The highest BCUT2D eigenvalue weighted by Gasteiger charge is 2.44. The van der Waals surface area contributed by atoms with Gasteiger partial charge in [-0.3, -0.25) is 4.79 Å². The number of nitriles is 1. The molecule has 4 rings (SSSR count). The van der Waals surface area contributed by atoms with E-state index in [4.69, 9.17) is 26.8 Å². The maximum atomic E-state index is 13.5. The van der Waals surface area contributed by atoms with Gasteiger partial charge in [0.2, 0.25) is 0 Å². The van der Waals surface area contributed by atoms with Crippen molar-refractivity contribution in [3.8, 4) is 11.8 Å². The predicted octanol–water partition coefficient (Wildman–Crippen LogP) is 5.44. The van der Waals surface area contributed by atoms with E-state index in [1.807, 2.05) is 4.90 Å². The van der Waals surface area contributed by atoms with E-state index < -0.39 is 5.92 Å². The van der Waals surface area contributed by atoms with E-state index >= 15 is 0 Å². The number of ketones is 1. The molecule has 8 heteroatoms. The van der Waals surface area contributed by atoms with Crippen LogP contribution >= 0.6 is 11.6 Å². The Morgan fingerprint density at radius 3 is 2.69 bits per heavy atom. The number of allylic oxidation sites excluding steroid dienone is 3. The minimum Gasteiger partial charge on any atom is -0.487 e. The lowest BCUT2D eigenvalue weighted by Crippen LogP contribution is -2.43. The summed E-state index contributed by atoms with van der Waals surface area (Å²) in [4.78, 5) is 15.3. The molecule has 36 heavy (non-hydrogen) atoms. The number of nitrogens with zero attached hydrogens (tertiary/aromatic N) is 2. The summed E-state index contributed by atoms with van der Waals surface area (Å²) in [5, 5.41) is 10.4. The van der Waals surface area contributed by atoms with Gasteiger partial charge in [0.15, 0.2) is 5.78 Å². The molecule has 1 aliphatic heterocycles. The first-order valence-electron chi connectivity index (χ1n) is 11.7. The lowest BCUT2D eigenvalue weighted by molar-refractivity contribution is -0.118. The van der Waals surface area contributed by atoms with E-state index in [0.29, 0.717) is 64.9 Å². The van der Waals surface area contributed by atoms with Crippen molar-refractivity contribution in [3.63, 3.8) is 0 Å². The third kappa shape index (κ3) is 5.11. The smallest absolute Gasteiger partial charge is 0.162 e. The van der Waals surface area contributed by atoms with Gasteiger partial charge in [-0.1, -0.05) is 43.6 Å². The van der Waals surface area contributed by atoms with Crippen molar-refractivity contribution < 1.29 is 18.7 Å². The minimum atomic E-state index is -0.623. The number of Topliss-reactive ketones (excluding diaryl/α,β-unsaturated/α-hetero) is 1. The van der Waals surface area contributed by atoms with Crippen LogP contribution in [0.5, 0.6) is 5.75 Å². The number of methoxy groups -OCH3 is 1. The maximum absolute atomic E-state index is 13.5. The number of halogens is 2. The van der Waals surface area contributed by atoms with Crippen LogP contribution in [0.4, 0.5) is 4.39 Å². The molecule has 0 amide bonds. The van der Waals surface area contributed by atoms with Gasteiger partial charge < -0.3 is 20.1 Å². The molecule has 2 aromatic rings. The summed E-state index contributed by atoms with van der Waals surface area (Å²) in [7, 11) is 1.60. The summed E-state index contributed by atoms with van der Waals surface area (Å²) in [6.45, 7) is 5.10. The van der Waals surface area contributed by atoms with Crippen LogP contribution in [0.15, 0.2) is 65.1 Å².